The molecule has 0 unspecified atom stereocenters. The van der Waals surface area contributed by atoms with Gasteiger partial charge in [-0.25, -0.2) is 8.42 Å². The van der Waals surface area contributed by atoms with Crippen LogP contribution in [0.3, 0.4) is 0 Å². The quantitative estimate of drug-likeness (QED) is 0.418. The van der Waals surface area contributed by atoms with Crippen LogP contribution in [0, 0.1) is 0 Å². The van der Waals surface area contributed by atoms with Gasteiger partial charge in [0.05, 0.1) is 16.0 Å². The Kier molecular flexibility index (Phi) is 6.58. The van der Waals surface area contributed by atoms with Crippen molar-refractivity contribution in [2.75, 3.05) is 4.72 Å². The summed E-state index contributed by atoms with van der Waals surface area (Å²) in [7, 11) is -4.33. The Labute approximate surface area is 186 Å². The lowest BCUT2D eigenvalue weighted by atomic mass is 10.2. The highest BCUT2D eigenvalue weighted by atomic mass is 32.2. The zero-order chi connectivity index (χ0) is 24.2. The zero-order valence-electron chi connectivity index (χ0n) is 16.6. The van der Waals surface area contributed by atoms with Crippen molar-refractivity contribution in [2.45, 2.75) is 11.1 Å². The van der Waals surface area contributed by atoms with Crippen molar-refractivity contribution in [3.05, 3.63) is 89.5 Å². The van der Waals surface area contributed by atoms with Gasteiger partial charge >= 0.3 is 6.18 Å². The van der Waals surface area contributed by atoms with Crippen molar-refractivity contribution in [3.8, 4) is 5.75 Å². The van der Waals surface area contributed by atoms with E-state index in [2.05, 4.69) is 10.9 Å². The molecule has 0 heterocycles. The molecule has 3 aromatic rings. The first-order chi connectivity index (χ1) is 15.5. The molecule has 4 N–H and O–H groups in total. The highest BCUT2D eigenvalue weighted by Crippen LogP contribution is 2.31. The second-order valence-corrected chi connectivity index (χ2v) is 8.32. The number of sulfonamides is 1. The molecule has 3 rings (SSSR count). The molecule has 0 saturated carbocycles. The SMILES string of the molecule is O=C(NNC(=O)c1ccccc1O)c1cccc(S(=O)(=O)Nc2cccc(C(F)(F)F)c2)c1. The highest BCUT2D eigenvalue weighted by molar-refractivity contribution is 7.92. The molecule has 172 valence electrons. The van der Waals surface area contributed by atoms with Crippen LogP contribution in [0.2, 0.25) is 0 Å². The van der Waals surface area contributed by atoms with Crippen LogP contribution >= 0.6 is 0 Å². The van der Waals surface area contributed by atoms with Gasteiger partial charge in [-0.1, -0.05) is 24.3 Å². The molecule has 2 amide bonds. The molecular weight excluding hydrogens is 463 g/mol. The predicted molar refractivity (Wildman–Crippen MR) is 112 cm³/mol. The molecule has 12 heteroatoms. The van der Waals surface area contributed by atoms with E-state index in [0.717, 1.165) is 30.3 Å². The van der Waals surface area contributed by atoms with Crippen LogP contribution in [0.15, 0.2) is 77.7 Å². The van der Waals surface area contributed by atoms with E-state index in [-0.39, 0.29) is 27.5 Å². The minimum atomic E-state index is -4.65. The topological polar surface area (TPSA) is 125 Å². The summed E-state index contributed by atoms with van der Waals surface area (Å²) in [5.74, 6) is -1.98. The van der Waals surface area contributed by atoms with Crippen molar-refractivity contribution in [1.82, 2.24) is 10.9 Å². The molecule has 3 aromatic carbocycles. The number of alkyl halides is 3. The van der Waals surface area contributed by atoms with Crippen molar-refractivity contribution in [3.63, 3.8) is 0 Å². The summed E-state index contributed by atoms with van der Waals surface area (Å²) in [6, 6.07) is 13.9. The molecule has 0 radical (unpaired) electrons. The Hall–Kier alpha value is -4.06. The Balaban J connectivity index is 1.74. The second-order valence-electron chi connectivity index (χ2n) is 6.64. The van der Waals surface area contributed by atoms with Crippen LogP contribution in [-0.2, 0) is 16.2 Å². The number of carbonyl (C=O) groups is 2. The van der Waals surface area contributed by atoms with Crippen molar-refractivity contribution >= 4 is 27.5 Å². The fraction of sp³-hybridized carbons (Fsp3) is 0.0476. The van der Waals surface area contributed by atoms with Crippen molar-refractivity contribution in [1.29, 1.82) is 0 Å². The van der Waals surface area contributed by atoms with Crippen LogP contribution < -0.4 is 15.6 Å². The van der Waals surface area contributed by atoms with E-state index in [1.807, 2.05) is 4.72 Å². The van der Waals surface area contributed by atoms with E-state index in [1.165, 1.54) is 36.4 Å². The number of phenols is 1. The molecule has 0 spiro atoms. The van der Waals surface area contributed by atoms with Gasteiger partial charge in [0.1, 0.15) is 5.75 Å². The van der Waals surface area contributed by atoms with Gasteiger partial charge in [-0.05, 0) is 48.5 Å². The molecule has 0 aliphatic heterocycles. The Bertz CT molecular complexity index is 1310. The minimum absolute atomic E-state index is 0.0978. The summed E-state index contributed by atoms with van der Waals surface area (Å²) in [6.07, 6.45) is -4.65. The van der Waals surface area contributed by atoms with Gasteiger partial charge in [-0.2, -0.15) is 13.2 Å². The highest BCUT2D eigenvalue weighted by Gasteiger charge is 2.30. The molecule has 0 aliphatic carbocycles. The van der Waals surface area contributed by atoms with Crippen LogP contribution in [0.5, 0.6) is 5.75 Å². The fourth-order valence-corrected chi connectivity index (χ4v) is 3.79. The van der Waals surface area contributed by atoms with E-state index in [0.29, 0.717) is 6.07 Å². The third-order valence-corrected chi connectivity index (χ3v) is 5.67. The largest absolute Gasteiger partial charge is 0.507 e. The van der Waals surface area contributed by atoms with Crippen LogP contribution in [0.25, 0.3) is 0 Å². The monoisotopic (exact) mass is 479 g/mol. The van der Waals surface area contributed by atoms with Crippen LogP contribution in [-0.4, -0.2) is 25.3 Å². The zero-order valence-corrected chi connectivity index (χ0v) is 17.4. The maximum Gasteiger partial charge on any atom is 0.416 e. The summed E-state index contributed by atoms with van der Waals surface area (Å²) in [5, 5.41) is 9.66. The van der Waals surface area contributed by atoms with E-state index in [1.54, 1.807) is 0 Å². The number of phenolic OH excluding ortho intramolecular Hbond substituents is 1. The molecule has 0 atom stereocenters. The van der Waals surface area contributed by atoms with E-state index in [9.17, 15) is 36.3 Å². The number of halogens is 3. The van der Waals surface area contributed by atoms with Crippen LogP contribution in [0.4, 0.5) is 18.9 Å². The Morgan fingerprint density at radius 1 is 0.818 bits per heavy atom. The first-order valence-corrected chi connectivity index (χ1v) is 10.6. The average molecular weight is 479 g/mol. The Morgan fingerprint density at radius 2 is 1.48 bits per heavy atom. The number of hydrogen-bond donors (Lipinski definition) is 4. The number of benzene rings is 3. The van der Waals surface area contributed by atoms with Gasteiger partial charge in [0.25, 0.3) is 21.8 Å². The molecular formula is C21H16F3N3O5S. The van der Waals surface area contributed by atoms with Gasteiger partial charge in [0.2, 0.25) is 0 Å². The van der Waals surface area contributed by atoms with Gasteiger partial charge < -0.3 is 5.11 Å². The third-order valence-electron chi connectivity index (χ3n) is 4.29. The number of para-hydroxylation sites is 1. The predicted octanol–water partition coefficient (Wildman–Crippen LogP) is 3.29. The molecule has 0 aromatic heterocycles. The number of anilines is 1. The summed E-state index contributed by atoms with van der Waals surface area (Å²) >= 11 is 0. The molecule has 0 bridgehead atoms. The molecule has 33 heavy (non-hydrogen) atoms. The third kappa shape index (κ3) is 5.80. The standard InChI is InChI=1S/C21H16F3N3O5S/c22-21(23,24)14-6-4-7-15(12-14)27-33(31,32)16-8-3-5-13(11-16)19(29)25-26-20(30)17-9-1-2-10-18(17)28/h1-12,27-28H,(H,25,29)(H,26,30). The number of nitrogens with one attached hydrogen (secondary N) is 3. The average Bonchev–Trinajstić information content (AvgIpc) is 2.77. The van der Waals surface area contributed by atoms with E-state index < -0.39 is 33.6 Å². The van der Waals surface area contributed by atoms with Gasteiger partial charge in [0, 0.05) is 11.3 Å². The smallest absolute Gasteiger partial charge is 0.416 e. The Morgan fingerprint density at radius 3 is 2.18 bits per heavy atom. The molecule has 0 fully saturated rings. The number of carbonyl (C=O) groups excluding carboxylic acids is 2. The minimum Gasteiger partial charge on any atom is -0.507 e. The lowest BCUT2D eigenvalue weighted by molar-refractivity contribution is -0.137. The number of hydrazine groups is 1. The number of aromatic hydroxyl groups is 1. The first-order valence-electron chi connectivity index (χ1n) is 9.16. The normalized spacial score (nSPS) is 11.5. The molecule has 0 saturated heterocycles. The molecule has 8 nitrogen and oxygen atoms in total. The summed E-state index contributed by atoms with van der Waals surface area (Å²) in [5.41, 5.74) is 2.58. The van der Waals surface area contributed by atoms with E-state index >= 15 is 0 Å². The van der Waals surface area contributed by atoms with Crippen LogP contribution in [0.1, 0.15) is 26.3 Å². The van der Waals surface area contributed by atoms with Gasteiger partial charge in [-0.15, -0.1) is 0 Å². The summed E-state index contributed by atoms with van der Waals surface area (Å²) < 4.78 is 65.8. The summed E-state index contributed by atoms with van der Waals surface area (Å²) in [6.45, 7) is 0. The molecule has 0 aliphatic rings. The van der Waals surface area contributed by atoms with Crippen molar-refractivity contribution in [2.24, 2.45) is 0 Å². The van der Waals surface area contributed by atoms with Gasteiger partial charge in [0.15, 0.2) is 0 Å². The lowest BCUT2D eigenvalue weighted by Crippen LogP contribution is -2.41. The lowest BCUT2D eigenvalue weighted by Gasteiger charge is -2.12. The fourth-order valence-electron chi connectivity index (χ4n) is 2.70. The number of hydrogen-bond acceptors (Lipinski definition) is 5. The number of amides is 2. The second kappa shape index (κ2) is 9.20. The summed E-state index contributed by atoms with van der Waals surface area (Å²) in [4.78, 5) is 24.0. The van der Waals surface area contributed by atoms with E-state index in [4.69, 9.17) is 0 Å². The van der Waals surface area contributed by atoms with Gasteiger partial charge in [-0.3, -0.25) is 25.2 Å². The maximum absolute atomic E-state index is 12.9. The first kappa shape index (κ1) is 23.6. The number of rotatable bonds is 5. The van der Waals surface area contributed by atoms with Crippen molar-refractivity contribution < 1.29 is 36.3 Å². The maximum atomic E-state index is 12.9.